The zero-order chi connectivity index (χ0) is 15.1. The van der Waals surface area contributed by atoms with Gasteiger partial charge >= 0.3 is 6.09 Å². The van der Waals surface area contributed by atoms with E-state index < -0.39 is 18.0 Å². The molecule has 6 nitrogen and oxygen atoms in total. The normalized spacial score (nSPS) is 13.8. The second-order valence-corrected chi connectivity index (χ2v) is 4.95. The number of nitrogens with zero attached hydrogens (tertiary/aromatic N) is 1. The molecule has 0 fully saturated rings. The number of rotatable bonds is 7. The molecule has 20 heavy (non-hydrogen) atoms. The van der Waals surface area contributed by atoms with Gasteiger partial charge in [-0.05, 0) is 32.5 Å². The standard InChI is InChI=1S/C14H21N3O3/c1-17(2)11(8-10-6-4-3-5-7-10)9-12(13(15)18)16-14(19)20/h3-7,11-12,16H,8-9H2,1-2H3,(H2,15,18)(H,19,20). The van der Waals surface area contributed by atoms with Crippen LogP contribution in [0.2, 0.25) is 0 Å². The average Bonchev–Trinajstić information content (AvgIpc) is 2.37. The number of amides is 2. The summed E-state index contributed by atoms with van der Waals surface area (Å²) in [6.07, 6.45) is -0.186. The van der Waals surface area contributed by atoms with E-state index in [9.17, 15) is 9.59 Å². The fourth-order valence-corrected chi connectivity index (χ4v) is 2.03. The van der Waals surface area contributed by atoms with Crippen molar-refractivity contribution in [2.45, 2.75) is 24.9 Å². The van der Waals surface area contributed by atoms with Crippen LogP contribution in [-0.4, -0.2) is 48.2 Å². The highest BCUT2D eigenvalue weighted by Gasteiger charge is 2.24. The molecule has 0 aliphatic heterocycles. The molecule has 0 aliphatic carbocycles. The van der Waals surface area contributed by atoms with Gasteiger partial charge in [-0.15, -0.1) is 0 Å². The third-order valence-corrected chi connectivity index (χ3v) is 3.19. The molecule has 110 valence electrons. The summed E-state index contributed by atoms with van der Waals surface area (Å²) < 4.78 is 0. The molecular weight excluding hydrogens is 258 g/mol. The van der Waals surface area contributed by atoms with Gasteiger partial charge in [0.2, 0.25) is 5.91 Å². The lowest BCUT2D eigenvalue weighted by Gasteiger charge is -2.27. The highest BCUT2D eigenvalue weighted by Crippen LogP contribution is 2.12. The van der Waals surface area contributed by atoms with E-state index in [0.717, 1.165) is 12.0 Å². The molecule has 0 heterocycles. The predicted octanol–water partition coefficient (Wildman–Crippen LogP) is 0.671. The minimum absolute atomic E-state index is 0.0155. The number of likely N-dealkylation sites (N-methyl/N-ethyl adjacent to an activating group) is 1. The summed E-state index contributed by atoms with van der Waals surface area (Å²) in [6.45, 7) is 0. The van der Waals surface area contributed by atoms with Crippen LogP contribution in [0.3, 0.4) is 0 Å². The fraction of sp³-hybridized carbons (Fsp3) is 0.429. The zero-order valence-electron chi connectivity index (χ0n) is 11.7. The van der Waals surface area contributed by atoms with Crippen molar-refractivity contribution in [2.24, 2.45) is 5.73 Å². The first-order valence-corrected chi connectivity index (χ1v) is 6.39. The summed E-state index contributed by atoms with van der Waals surface area (Å²) in [5.41, 5.74) is 6.37. The van der Waals surface area contributed by atoms with Gasteiger partial charge in [-0.2, -0.15) is 0 Å². The largest absolute Gasteiger partial charge is 0.465 e. The second-order valence-electron chi connectivity index (χ2n) is 4.95. The summed E-state index contributed by atoms with van der Waals surface area (Å²) >= 11 is 0. The third-order valence-electron chi connectivity index (χ3n) is 3.19. The van der Waals surface area contributed by atoms with Crippen LogP contribution in [0.15, 0.2) is 30.3 Å². The lowest BCUT2D eigenvalue weighted by molar-refractivity contribution is -0.120. The Balaban J connectivity index is 2.75. The van der Waals surface area contributed by atoms with Crippen molar-refractivity contribution in [1.82, 2.24) is 10.2 Å². The topological polar surface area (TPSA) is 95.7 Å². The SMILES string of the molecule is CN(C)C(Cc1ccccc1)CC(NC(=O)O)C(N)=O. The molecular formula is C14H21N3O3. The van der Waals surface area contributed by atoms with Gasteiger partial charge in [-0.1, -0.05) is 30.3 Å². The minimum atomic E-state index is -1.24. The van der Waals surface area contributed by atoms with E-state index in [-0.39, 0.29) is 6.04 Å². The van der Waals surface area contributed by atoms with E-state index in [2.05, 4.69) is 5.32 Å². The van der Waals surface area contributed by atoms with Gasteiger partial charge in [0.1, 0.15) is 6.04 Å². The number of hydrogen-bond acceptors (Lipinski definition) is 3. The van der Waals surface area contributed by atoms with Crippen LogP contribution >= 0.6 is 0 Å². The van der Waals surface area contributed by atoms with Gasteiger partial charge in [-0.3, -0.25) is 4.79 Å². The molecule has 2 amide bonds. The first-order valence-electron chi connectivity index (χ1n) is 6.39. The molecule has 1 aromatic carbocycles. The highest BCUT2D eigenvalue weighted by molar-refractivity contribution is 5.83. The van der Waals surface area contributed by atoms with E-state index in [4.69, 9.17) is 10.8 Å². The van der Waals surface area contributed by atoms with Crippen LogP contribution < -0.4 is 11.1 Å². The van der Waals surface area contributed by atoms with E-state index in [0.29, 0.717) is 6.42 Å². The summed E-state index contributed by atoms with van der Waals surface area (Å²) in [4.78, 5) is 24.0. The number of benzene rings is 1. The maximum Gasteiger partial charge on any atom is 0.405 e. The van der Waals surface area contributed by atoms with Gasteiger partial charge in [0, 0.05) is 6.04 Å². The molecule has 0 radical (unpaired) electrons. The van der Waals surface area contributed by atoms with Gasteiger partial charge < -0.3 is 21.1 Å². The molecule has 0 spiro atoms. The Hall–Kier alpha value is -2.08. The lowest BCUT2D eigenvalue weighted by Crippen LogP contribution is -2.48. The van der Waals surface area contributed by atoms with E-state index in [1.807, 2.05) is 49.3 Å². The Kier molecular flexibility index (Phi) is 5.99. The summed E-state index contributed by atoms with van der Waals surface area (Å²) in [5.74, 6) is -0.660. The molecule has 0 aliphatic rings. The van der Waals surface area contributed by atoms with Gasteiger partial charge in [0.15, 0.2) is 0 Å². The maximum atomic E-state index is 11.3. The molecule has 0 saturated heterocycles. The van der Waals surface area contributed by atoms with Crippen molar-refractivity contribution in [1.29, 1.82) is 0 Å². The molecule has 6 heteroatoms. The number of nitrogens with two attached hydrogens (primary N) is 1. The maximum absolute atomic E-state index is 11.3. The van der Waals surface area contributed by atoms with Crippen LogP contribution in [0.1, 0.15) is 12.0 Å². The summed E-state index contributed by atoms with van der Waals surface area (Å²) in [7, 11) is 3.79. The molecule has 0 saturated carbocycles. The first-order chi connectivity index (χ1) is 9.40. The van der Waals surface area contributed by atoms with Crippen molar-refractivity contribution in [2.75, 3.05) is 14.1 Å². The Labute approximate surface area is 118 Å². The summed E-state index contributed by atoms with van der Waals surface area (Å²) in [6, 6.07) is 8.96. The van der Waals surface area contributed by atoms with Crippen molar-refractivity contribution in [3.63, 3.8) is 0 Å². The van der Waals surface area contributed by atoms with Gasteiger partial charge in [0.25, 0.3) is 0 Å². The van der Waals surface area contributed by atoms with Crippen LogP contribution in [0.4, 0.5) is 4.79 Å². The molecule has 0 bridgehead atoms. The first kappa shape index (κ1) is 16.0. The van der Waals surface area contributed by atoms with Crippen molar-refractivity contribution < 1.29 is 14.7 Å². The predicted molar refractivity (Wildman–Crippen MR) is 76.4 cm³/mol. The van der Waals surface area contributed by atoms with Crippen molar-refractivity contribution in [3.8, 4) is 0 Å². The zero-order valence-corrected chi connectivity index (χ0v) is 11.7. The monoisotopic (exact) mass is 279 g/mol. The van der Waals surface area contributed by atoms with Gasteiger partial charge in [0.05, 0.1) is 0 Å². The Morgan fingerprint density at radius 2 is 1.90 bits per heavy atom. The molecule has 2 unspecified atom stereocenters. The number of nitrogens with one attached hydrogen (secondary N) is 1. The molecule has 2 atom stereocenters. The van der Waals surface area contributed by atoms with Crippen molar-refractivity contribution >= 4 is 12.0 Å². The van der Waals surface area contributed by atoms with Gasteiger partial charge in [-0.25, -0.2) is 4.79 Å². The summed E-state index contributed by atoms with van der Waals surface area (Å²) in [5, 5.41) is 10.9. The fourth-order valence-electron chi connectivity index (χ4n) is 2.03. The molecule has 4 N–H and O–H groups in total. The highest BCUT2D eigenvalue weighted by atomic mass is 16.4. The molecule has 1 rings (SSSR count). The molecule has 1 aromatic rings. The van der Waals surface area contributed by atoms with Crippen LogP contribution in [0.5, 0.6) is 0 Å². The Bertz CT molecular complexity index is 448. The number of carbonyl (C=O) groups is 2. The van der Waals surface area contributed by atoms with Crippen molar-refractivity contribution in [3.05, 3.63) is 35.9 Å². The lowest BCUT2D eigenvalue weighted by atomic mass is 9.98. The molecule has 0 aromatic heterocycles. The Morgan fingerprint density at radius 1 is 1.30 bits per heavy atom. The Morgan fingerprint density at radius 3 is 2.35 bits per heavy atom. The van der Waals surface area contributed by atoms with E-state index in [1.165, 1.54) is 0 Å². The number of carboxylic acid groups (broad SMARTS) is 1. The van der Waals surface area contributed by atoms with Crippen LogP contribution in [0, 0.1) is 0 Å². The average molecular weight is 279 g/mol. The van der Waals surface area contributed by atoms with Crippen LogP contribution in [0.25, 0.3) is 0 Å². The number of carbonyl (C=O) groups excluding carboxylic acids is 1. The van der Waals surface area contributed by atoms with E-state index >= 15 is 0 Å². The quantitative estimate of drug-likeness (QED) is 0.683. The smallest absolute Gasteiger partial charge is 0.405 e. The number of primary amides is 1. The third kappa shape index (κ3) is 5.27. The van der Waals surface area contributed by atoms with Crippen LogP contribution in [-0.2, 0) is 11.2 Å². The van der Waals surface area contributed by atoms with E-state index in [1.54, 1.807) is 0 Å². The second kappa shape index (κ2) is 7.49. The number of hydrogen-bond donors (Lipinski definition) is 3. The minimum Gasteiger partial charge on any atom is -0.465 e.